The Morgan fingerprint density at radius 2 is 1.69 bits per heavy atom. The topological polar surface area (TPSA) is 12.0 Å². The monoisotopic (exact) mass is 183 g/mol. The van der Waals surface area contributed by atoms with Gasteiger partial charge in [-0.25, -0.2) is 0 Å². The first kappa shape index (κ1) is 11.0. The molecule has 0 bridgehead atoms. The summed E-state index contributed by atoms with van der Waals surface area (Å²) in [5.41, 5.74) is 0.495. The van der Waals surface area contributed by atoms with Gasteiger partial charge in [0.15, 0.2) is 0 Å². The molecule has 1 N–H and O–H groups in total. The van der Waals surface area contributed by atoms with Crippen LogP contribution in [0.4, 0.5) is 0 Å². The minimum atomic E-state index is 0.495. The molecule has 0 aromatic carbocycles. The molecule has 1 nitrogen and oxygen atoms in total. The fourth-order valence-corrected chi connectivity index (χ4v) is 2.64. The lowest BCUT2D eigenvalue weighted by Crippen LogP contribution is -2.36. The van der Waals surface area contributed by atoms with Crippen LogP contribution in [0.15, 0.2) is 0 Å². The lowest BCUT2D eigenvalue weighted by molar-refractivity contribution is 0.137. The number of nitrogens with one attached hydrogen (secondary N) is 1. The summed E-state index contributed by atoms with van der Waals surface area (Å²) in [6.07, 6.45) is 5.77. The van der Waals surface area contributed by atoms with Crippen LogP contribution < -0.4 is 5.32 Å². The quantitative estimate of drug-likeness (QED) is 0.709. The van der Waals surface area contributed by atoms with Crippen LogP contribution in [0, 0.1) is 17.3 Å². The molecule has 1 aliphatic rings. The van der Waals surface area contributed by atoms with Gasteiger partial charge in [-0.1, -0.05) is 33.6 Å². The van der Waals surface area contributed by atoms with Gasteiger partial charge in [-0.15, -0.1) is 0 Å². The van der Waals surface area contributed by atoms with Gasteiger partial charge in [0.25, 0.3) is 0 Å². The molecule has 1 saturated carbocycles. The Bertz CT molecular complexity index is 143. The van der Waals surface area contributed by atoms with E-state index in [1.165, 1.54) is 25.7 Å². The van der Waals surface area contributed by atoms with Crippen molar-refractivity contribution < 1.29 is 0 Å². The predicted molar refractivity (Wildman–Crippen MR) is 58.8 cm³/mol. The molecule has 0 aliphatic heterocycles. The predicted octanol–water partition coefficient (Wildman–Crippen LogP) is 3.06. The van der Waals surface area contributed by atoms with Gasteiger partial charge < -0.3 is 5.32 Å². The molecular weight excluding hydrogens is 158 g/mol. The molecule has 0 saturated heterocycles. The van der Waals surface area contributed by atoms with Gasteiger partial charge in [0.05, 0.1) is 0 Å². The molecule has 78 valence electrons. The van der Waals surface area contributed by atoms with Gasteiger partial charge in [-0.2, -0.15) is 0 Å². The first-order chi connectivity index (χ1) is 6.06. The van der Waals surface area contributed by atoms with Crippen LogP contribution in [0.5, 0.6) is 0 Å². The minimum Gasteiger partial charge on any atom is -0.319 e. The second kappa shape index (κ2) is 4.45. The van der Waals surface area contributed by atoms with Gasteiger partial charge in [0.1, 0.15) is 0 Å². The Hall–Kier alpha value is -0.0400. The average Bonchev–Trinajstić information content (AvgIpc) is 2.05. The highest BCUT2D eigenvalue weighted by Gasteiger charge is 2.31. The fourth-order valence-electron chi connectivity index (χ4n) is 2.64. The molecule has 0 radical (unpaired) electrons. The van der Waals surface area contributed by atoms with Gasteiger partial charge >= 0.3 is 0 Å². The number of hydrogen-bond donors (Lipinski definition) is 1. The summed E-state index contributed by atoms with van der Waals surface area (Å²) in [5.74, 6) is 1.91. The summed E-state index contributed by atoms with van der Waals surface area (Å²) in [4.78, 5) is 0. The van der Waals surface area contributed by atoms with Crippen molar-refractivity contribution in [1.29, 1.82) is 0 Å². The van der Waals surface area contributed by atoms with E-state index in [-0.39, 0.29) is 0 Å². The molecule has 0 amide bonds. The summed E-state index contributed by atoms with van der Waals surface area (Å²) in [5, 5.41) is 3.32. The highest BCUT2D eigenvalue weighted by Crippen LogP contribution is 2.39. The van der Waals surface area contributed by atoms with Crippen LogP contribution in [0.1, 0.15) is 46.5 Å². The van der Waals surface area contributed by atoms with Gasteiger partial charge in [0, 0.05) is 6.54 Å². The molecule has 1 rings (SSSR count). The molecule has 1 fully saturated rings. The fraction of sp³-hybridized carbons (Fsp3) is 1.00. The molecule has 0 atom stereocenters. The zero-order valence-electron chi connectivity index (χ0n) is 9.69. The maximum absolute atomic E-state index is 3.32. The molecule has 1 aliphatic carbocycles. The van der Waals surface area contributed by atoms with Gasteiger partial charge in [-0.3, -0.25) is 0 Å². The molecule has 0 heterocycles. The zero-order valence-corrected chi connectivity index (χ0v) is 9.69. The van der Waals surface area contributed by atoms with E-state index >= 15 is 0 Å². The average molecular weight is 183 g/mol. The Labute approximate surface area is 83.3 Å². The molecule has 0 spiro atoms. The van der Waals surface area contributed by atoms with Crippen LogP contribution in [0.3, 0.4) is 0 Å². The van der Waals surface area contributed by atoms with Crippen LogP contribution in [0.2, 0.25) is 0 Å². The van der Waals surface area contributed by atoms with Crippen molar-refractivity contribution in [2.75, 3.05) is 13.6 Å². The third-order valence-corrected chi connectivity index (χ3v) is 3.75. The number of rotatable bonds is 3. The summed E-state index contributed by atoms with van der Waals surface area (Å²) in [6, 6.07) is 0. The van der Waals surface area contributed by atoms with E-state index in [4.69, 9.17) is 0 Å². The standard InChI is InChI=1S/C12H25N/c1-10-5-7-11(8-6-10)12(2,3)9-13-4/h10-11,13H,5-9H2,1-4H3. The molecule has 1 heteroatoms. The van der Waals surface area contributed by atoms with E-state index in [9.17, 15) is 0 Å². The van der Waals surface area contributed by atoms with Crippen molar-refractivity contribution in [3.8, 4) is 0 Å². The smallest absolute Gasteiger partial charge is 0.000216 e. The molecule has 0 unspecified atom stereocenters. The van der Waals surface area contributed by atoms with Gasteiger partial charge in [0.2, 0.25) is 0 Å². The van der Waals surface area contributed by atoms with Crippen LogP contribution in [-0.4, -0.2) is 13.6 Å². The normalized spacial score (nSPS) is 30.5. The Kier molecular flexibility index (Phi) is 3.78. The Balaban J connectivity index is 2.42. The van der Waals surface area contributed by atoms with E-state index < -0.39 is 0 Å². The van der Waals surface area contributed by atoms with Crippen molar-refractivity contribution in [2.24, 2.45) is 17.3 Å². The SMILES string of the molecule is CNCC(C)(C)C1CCC(C)CC1. The van der Waals surface area contributed by atoms with E-state index in [2.05, 4.69) is 33.1 Å². The summed E-state index contributed by atoms with van der Waals surface area (Å²) in [7, 11) is 2.06. The summed E-state index contributed by atoms with van der Waals surface area (Å²) >= 11 is 0. The van der Waals surface area contributed by atoms with Crippen LogP contribution in [-0.2, 0) is 0 Å². The lowest BCUT2D eigenvalue weighted by Gasteiger charge is -2.38. The minimum absolute atomic E-state index is 0.495. The van der Waals surface area contributed by atoms with Crippen LogP contribution in [0.25, 0.3) is 0 Å². The van der Waals surface area contributed by atoms with E-state index in [1.807, 2.05) is 0 Å². The summed E-state index contributed by atoms with van der Waals surface area (Å²) < 4.78 is 0. The Morgan fingerprint density at radius 3 is 2.15 bits per heavy atom. The van der Waals surface area contributed by atoms with Crippen molar-refractivity contribution in [2.45, 2.75) is 46.5 Å². The van der Waals surface area contributed by atoms with Crippen molar-refractivity contribution >= 4 is 0 Å². The Morgan fingerprint density at radius 1 is 1.15 bits per heavy atom. The summed E-state index contributed by atoms with van der Waals surface area (Å²) in [6.45, 7) is 8.36. The van der Waals surface area contributed by atoms with E-state index in [1.54, 1.807) is 0 Å². The molecular formula is C12H25N. The van der Waals surface area contributed by atoms with Gasteiger partial charge in [-0.05, 0) is 37.1 Å². The molecule has 0 aromatic heterocycles. The van der Waals surface area contributed by atoms with E-state index in [0.717, 1.165) is 18.4 Å². The first-order valence-electron chi connectivity index (χ1n) is 5.71. The highest BCUT2D eigenvalue weighted by molar-refractivity contribution is 4.83. The largest absolute Gasteiger partial charge is 0.319 e. The number of hydrogen-bond acceptors (Lipinski definition) is 1. The van der Waals surface area contributed by atoms with Crippen molar-refractivity contribution in [3.63, 3.8) is 0 Å². The zero-order chi connectivity index (χ0) is 9.90. The maximum atomic E-state index is 3.32. The van der Waals surface area contributed by atoms with Crippen molar-refractivity contribution in [1.82, 2.24) is 5.32 Å². The lowest BCUT2D eigenvalue weighted by atomic mass is 9.69. The maximum Gasteiger partial charge on any atom is 0.000216 e. The molecule has 0 aromatic rings. The third kappa shape index (κ3) is 2.98. The van der Waals surface area contributed by atoms with E-state index in [0.29, 0.717) is 5.41 Å². The van der Waals surface area contributed by atoms with Crippen molar-refractivity contribution in [3.05, 3.63) is 0 Å². The molecule has 13 heavy (non-hydrogen) atoms. The highest BCUT2D eigenvalue weighted by atomic mass is 14.8. The second-order valence-electron chi connectivity index (χ2n) is 5.48. The third-order valence-electron chi connectivity index (χ3n) is 3.75. The van der Waals surface area contributed by atoms with Crippen LogP contribution >= 0.6 is 0 Å². The first-order valence-corrected chi connectivity index (χ1v) is 5.71. The second-order valence-corrected chi connectivity index (χ2v) is 5.48.